The topological polar surface area (TPSA) is 34.1 Å². The second-order valence-electron chi connectivity index (χ2n) is 3.92. The Hall–Kier alpha value is -1.70. The molecule has 0 radical (unpaired) electrons. The minimum Gasteiger partial charge on any atom is -0.279 e. The fraction of sp³-hybridized carbons (Fsp3) is 0. The molecule has 0 bridgehead atoms. The van der Waals surface area contributed by atoms with E-state index in [1.165, 1.54) is 0 Å². The molecular formula is C16H8Br2O2. The summed E-state index contributed by atoms with van der Waals surface area (Å²) in [4.78, 5) is 23.6. The highest BCUT2D eigenvalue weighted by molar-refractivity contribution is 9.10. The molecule has 0 aliphatic heterocycles. The fourth-order valence-corrected chi connectivity index (χ4v) is 1.99. The molecule has 0 heterocycles. The first-order valence-electron chi connectivity index (χ1n) is 5.68. The Kier molecular flexibility index (Phi) is 4.89. The summed E-state index contributed by atoms with van der Waals surface area (Å²) in [5.74, 6) is 3.99. The molecule has 0 spiro atoms. The number of benzene rings is 2. The number of ketones is 2. The number of Topliss-reactive ketones (excluding diaryl/α,β-unsaturated/α-hetero) is 2. The van der Waals surface area contributed by atoms with Crippen molar-refractivity contribution in [2.24, 2.45) is 0 Å². The van der Waals surface area contributed by atoms with Crippen LogP contribution in [0.2, 0.25) is 0 Å². The molecule has 98 valence electrons. The summed E-state index contributed by atoms with van der Waals surface area (Å²) in [7, 11) is 0. The third-order valence-corrected chi connectivity index (χ3v) is 3.56. The lowest BCUT2D eigenvalue weighted by Gasteiger charge is -1.94. The molecule has 0 saturated heterocycles. The average molecular weight is 392 g/mol. The van der Waals surface area contributed by atoms with Gasteiger partial charge < -0.3 is 0 Å². The Bertz CT molecular complexity index is 643. The predicted octanol–water partition coefficient (Wildman–Crippen LogP) is 4.28. The van der Waals surface area contributed by atoms with Crippen molar-refractivity contribution in [1.82, 2.24) is 0 Å². The Labute approximate surface area is 133 Å². The van der Waals surface area contributed by atoms with Crippen molar-refractivity contribution in [3.63, 3.8) is 0 Å². The van der Waals surface area contributed by atoms with Crippen LogP contribution >= 0.6 is 31.9 Å². The van der Waals surface area contributed by atoms with Crippen molar-refractivity contribution < 1.29 is 9.59 Å². The Balaban J connectivity index is 2.14. The number of rotatable bonds is 2. The summed E-state index contributed by atoms with van der Waals surface area (Å²) in [6.45, 7) is 0. The second kappa shape index (κ2) is 6.65. The molecule has 2 aromatic rings. The number of halogens is 2. The van der Waals surface area contributed by atoms with E-state index in [1.807, 2.05) is 0 Å². The molecule has 0 aliphatic carbocycles. The molecule has 0 fully saturated rings. The maximum atomic E-state index is 11.8. The van der Waals surface area contributed by atoms with Gasteiger partial charge in [0.2, 0.25) is 11.6 Å². The highest BCUT2D eigenvalue weighted by Gasteiger charge is 2.04. The molecule has 0 unspecified atom stereocenters. The van der Waals surface area contributed by atoms with Gasteiger partial charge in [-0.05, 0) is 60.4 Å². The zero-order chi connectivity index (χ0) is 14.5. The molecular weight excluding hydrogens is 384 g/mol. The van der Waals surface area contributed by atoms with Crippen LogP contribution in [0, 0.1) is 11.8 Å². The Morgan fingerprint density at radius 1 is 0.650 bits per heavy atom. The van der Waals surface area contributed by atoms with Gasteiger partial charge >= 0.3 is 0 Å². The smallest absolute Gasteiger partial charge is 0.236 e. The van der Waals surface area contributed by atoms with Gasteiger partial charge in [0.15, 0.2) is 0 Å². The quantitative estimate of drug-likeness (QED) is 0.435. The van der Waals surface area contributed by atoms with E-state index < -0.39 is 0 Å². The summed E-state index contributed by atoms with van der Waals surface area (Å²) in [6.07, 6.45) is 0. The van der Waals surface area contributed by atoms with Crippen molar-refractivity contribution in [2.75, 3.05) is 0 Å². The van der Waals surface area contributed by atoms with E-state index in [0.717, 1.165) is 8.95 Å². The summed E-state index contributed by atoms with van der Waals surface area (Å²) in [5.41, 5.74) is 0.925. The van der Waals surface area contributed by atoms with E-state index in [0.29, 0.717) is 11.1 Å². The highest BCUT2D eigenvalue weighted by atomic mass is 79.9. The fourth-order valence-electron chi connectivity index (χ4n) is 1.46. The molecule has 0 amide bonds. The van der Waals surface area contributed by atoms with Crippen LogP contribution in [-0.4, -0.2) is 11.6 Å². The molecule has 20 heavy (non-hydrogen) atoms. The van der Waals surface area contributed by atoms with Crippen molar-refractivity contribution >= 4 is 43.4 Å². The van der Waals surface area contributed by atoms with Crippen LogP contribution in [0.5, 0.6) is 0 Å². The minimum atomic E-state index is -0.372. The van der Waals surface area contributed by atoms with Crippen LogP contribution < -0.4 is 0 Å². The van der Waals surface area contributed by atoms with Crippen LogP contribution in [0.25, 0.3) is 0 Å². The van der Waals surface area contributed by atoms with Gasteiger partial charge in [0, 0.05) is 20.1 Å². The maximum absolute atomic E-state index is 11.8. The van der Waals surface area contributed by atoms with Crippen molar-refractivity contribution in [3.05, 3.63) is 68.6 Å². The number of hydrogen-bond acceptors (Lipinski definition) is 2. The average Bonchev–Trinajstić information content (AvgIpc) is 2.46. The van der Waals surface area contributed by atoms with Gasteiger partial charge in [-0.3, -0.25) is 9.59 Å². The zero-order valence-electron chi connectivity index (χ0n) is 10.2. The molecule has 0 aromatic heterocycles. The SMILES string of the molecule is O=C(C#CC(=O)c1ccc(Br)cc1)c1ccc(Br)cc1. The monoisotopic (exact) mass is 390 g/mol. The van der Waals surface area contributed by atoms with Crippen LogP contribution in [0.15, 0.2) is 57.5 Å². The van der Waals surface area contributed by atoms with E-state index >= 15 is 0 Å². The van der Waals surface area contributed by atoms with Crippen molar-refractivity contribution in [2.45, 2.75) is 0 Å². The third-order valence-electron chi connectivity index (χ3n) is 2.50. The molecule has 0 aliphatic rings. The molecule has 4 heteroatoms. The lowest BCUT2D eigenvalue weighted by Crippen LogP contribution is -1.98. The van der Waals surface area contributed by atoms with E-state index in [2.05, 4.69) is 43.7 Å². The van der Waals surface area contributed by atoms with Crippen molar-refractivity contribution in [3.8, 4) is 11.8 Å². The lowest BCUT2D eigenvalue weighted by atomic mass is 10.1. The molecule has 0 N–H and O–H groups in total. The van der Waals surface area contributed by atoms with Crippen molar-refractivity contribution in [1.29, 1.82) is 0 Å². The molecule has 2 aromatic carbocycles. The van der Waals surface area contributed by atoms with Gasteiger partial charge in [-0.2, -0.15) is 0 Å². The summed E-state index contributed by atoms with van der Waals surface area (Å²) < 4.78 is 1.76. The van der Waals surface area contributed by atoms with Gasteiger partial charge in [-0.25, -0.2) is 0 Å². The Morgan fingerprint density at radius 2 is 0.950 bits per heavy atom. The van der Waals surface area contributed by atoms with Gasteiger partial charge in [-0.1, -0.05) is 31.9 Å². The lowest BCUT2D eigenvalue weighted by molar-refractivity contribution is 0.103. The zero-order valence-corrected chi connectivity index (χ0v) is 13.4. The normalized spacial score (nSPS) is 9.50. The maximum Gasteiger partial charge on any atom is 0.236 e. The minimum absolute atomic E-state index is 0.372. The second-order valence-corrected chi connectivity index (χ2v) is 5.75. The molecule has 2 nitrogen and oxygen atoms in total. The first-order valence-corrected chi connectivity index (χ1v) is 7.26. The van der Waals surface area contributed by atoms with E-state index in [9.17, 15) is 9.59 Å². The summed E-state index contributed by atoms with van der Waals surface area (Å²) in [6, 6.07) is 13.7. The molecule has 2 rings (SSSR count). The molecule has 0 saturated carbocycles. The number of carbonyl (C=O) groups excluding carboxylic acids is 2. The number of carbonyl (C=O) groups is 2. The van der Waals surface area contributed by atoms with Gasteiger partial charge in [0.25, 0.3) is 0 Å². The summed E-state index contributed by atoms with van der Waals surface area (Å²) >= 11 is 6.58. The van der Waals surface area contributed by atoms with Crippen LogP contribution in [0.4, 0.5) is 0 Å². The molecule has 0 atom stereocenters. The van der Waals surface area contributed by atoms with Crippen LogP contribution in [0.3, 0.4) is 0 Å². The standard InChI is InChI=1S/C16H8Br2O2/c17-13-5-1-11(2-6-13)15(19)9-10-16(20)12-3-7-14(18)8-4-12/h1-8H. The third kappa shape index (κ3) is 3.89. The predicted molar refractivity (Wildman–Crippen MR) is 84.7 cm³/mol. The Morgan fingerprint density at radius 3 is 1.25 bits per heavy atom. The number of hydrogen-bond donors (Lipinski definition) is 0. The van der Waals surface area contributed by atoms with E-state index in [-0.39, 0.29) is 11.6 Å². The summed E-state index contributed by atoms with van der Waals surface area (Å²) in [5, 5.41) is 0. The van der Waals surface area contributed by atoms with E-state index in [1.54, 1.807) is 48.5 Å². The first-order chi connectivity index (χ1) is 9.56. The van der Waals surface area contributed by atoms with Gasteiger partial charge in [-0.15, -0.1) is 0 Å². The van der Waals surface area contributed by atoms with Crippen LogP contribution in [-0.2, 0) is 0 Å². The van der Waals surface area contributed by atoms with E-state index in [4.69, 9.17) is 0 Å². The highest BCUT2D eigenvalue weighted by Crippen LogP contribution is 2.12. The first kappa shape index (κ1) is 14.7. The van der Waals surface area contributed by atoms with Gasteiger partial charge in [0.1, 0.15) is 0 Å². The largest absolute Gasteiger partial charge is 0.279 e. The van der Waals surface area contributed by atoms with Crippen LogP contribution in [0.1, 0.15) is 20.7 Å². The van der Waals surface area contributed by atoms with Gasteiger partial charge in [0.05, 0.1) is 0 Å².